The van der Waals surface area contributed by atoms with Crippen molar-refractivity contribution >= 4 is 17.5 Å². The van der Waals surface area contributed by atoms with E-state index < -0.39 is 4.92 Å². The zero-order valence-corrected chi connectivity index (χ0v) is 11.5. The van der Waals surface area contributed by atoms with Crippen LogP contribution in [0.3, 0.4) is 0 Å². The van der Waals surface area contributed by atoms with Crippen LogP contribution in [0.4, 0.5) is 17.5 Å². The van der Waals surface area contributed by atoms with E-state index in [0.29, 0.717) is 12.5 Å². The molecule has 0 saturated heterocycles. The van der Waals surface area contributed by atoms with Crippen LogP contribution >= 0.6 is 0 Å². The minimum Gasteiger partial charge on any atom is -0.364 e. The summed E-state index contributed by atoms with van der Waals surface area (Å²) in [4.78, 5) is 18.5. The molecule has 0 unspecified atom stereocenters. The smallest absolute Gasteiger partial charge is 0.329 e. The van der Waals surface area contributed by atoms with Gasteiger partial charge in [0.15, 0.2) is 0 Å². The molecule has 1 rings (SSSR count). The molecule has 0 saturated carbocycles. The third-order valence-corrected chi connectivity index (χ3v) is 2.57. The van der Waals surface area contributed by atoms with Crippen LogP contribution in [0.25, 0.3) is 0 Å². The molecular weight excluding hydrogens is 246 g/mol. The highest BCUT2D eigenvalue weighted by molar-refractivity contribution is 5.56. The van der Waals surface area contributed by atoms with Crippen molar-refractivity contribution < 1.29 is 4.92 Å². The van der Waals surface area contributed by atoms with E-state index in [1.54, 1.807) is 0 Å². The Morgan fingerprint density at radius 1 is 1.21 bits per heavy atom. The van der Waals surface area contributed by atoms with E-state index in [-0.39, 0.29) is 11.5 Å². The van der Waals surface area contributed by atoms with E-state index in [2.05, 4.69) is 27.5 Å². The molecule has 0 atom stereocenters. The predicted molar refractivity (Wildman–Crippen MR) is 75.5 cm³/mol. The topological polar surface area (TPSA) is 93.0 Å². The van der Waals surface area contributed by atoms with E-state index in [0.717, 1.165) is 32.2 Å². The van der Waals surface area contributed by atoms with Crippen LogP contribution in [0.15, 0.2) is 6.20 Å². The maximum absolute atomic E-state index is 10.9. The molecule has 0 radical (unpaired) electrons. The molecule has 7 nitrogen and oxygen atoms in total. The quantitative estimate of drug-likeness (QED) is 0.406. The van der Waals surface area contributed by atoms with Crippen LogP contribution in [0.2, 0.25) is 0 Å². The van der Waals surface area contributed by atoms with Crippen LogP contribution in [-0.2, 0) is 0 Å². The van der Waals surface area contributed by atoms with E-state index in [9.17, 15) is 10.1 Å². The van der Waals surface area contributed by atoms with Gasteiger partial charge in [-0.25, -0.2) is 4.98 Å². The van der Waals surface area contributed by atoms with Gasteiger partial charge in [0.25, 0.3) is 0 Å². The molecule has 0 aromatic carbocycles. The highest BCUT2D eigenvalue weighted by Gasteiger charge is 2.16. The number of aromatic nitrogens is 2. The molecule has 1 aromatic rings. The van der Waals surface area contributed by atoms with Gasteiger partial charge in [0.1, 0.15) is 6.20 Å². The molecule has 0 aliphatic carbocycles. The van der Waals surface area contributed by atoms with Gasteiger partial charge >= 0.3 is 5.69 Å². The first kappa shape index (κ1) is 15.1. The molecule has 7 heteroatoms. The van der Waals surface area contributed by atoms with E-state index in [4.69, 9.17) is 0 Å². The number of rotatable bonds is 9. The second-order valence-electron chi connectivity index (χ2n) is 4.25. The number of unbranched alkanes of at least 4 members (excludes halogenated alkanes) is 2. The van der Waals surface area contributed by atoms with Crippen molar-refractivity contribution in [3.8, 4) is 0 Å². The Morgan fingerprint density at radius 3 is 2.63 bits per heavy atom. The number of nitro groups is 1. The molecule has 1 heterocycles. The van der Waals surface area contributed by atoms with Crippen LogP contribution in [0, 0.1) is 10.1 Å². The molecule has 0 fully saturated rings. The zero-order valence-electron chi connectivity index (χ0n) is 11.5. The molecule has 0 amide bonds. The Morgan fingerprint density at radius 2 is 2.00 bits per heavy atom. The molecule has 0 bridgehead atoms. The summed E-state index contributed by atoms with van der Waals surface area (Å²) < 4.78 is 0. The highest BCUT2D eigenvalue weighted by Crippen LogP contribution is 2.21. The van der Waals surface area contributed by atoms with Crippen LogP contribution < -0.4 is 10.6 Å². The van der Waals surface area contributed by atoms with Crippen molar-refractivity contribution in [1.82, 2.24) is 9.97 Å². The number of anilines is 2. The Hall–Kier alpha value is -1.92. The molecule has 0 aliphatic rings. The summed E-state index contributed by atoms with van der Waals surface area (Å²) in [5.74, 6) is 0.708. The zero-order chi connectivity index (χ0) is 14.1. The number of nitrogens with zero attached hydrogens (tertiary/aromatic N) is 3. The fraction of sp³-hybridized carbons (Fsp3) is 0.667. The van der Waals surface area contributed by atoms with Gasteiger partial charge in [0, 0.05) is 13.1 Å². The van der Waals surface area contributed by atoms with Crippen LogP contribution in [-0.4, -0.2) is 28.0 Å². The van der Waals surface area contributed by atoms with Gasteiger partial charge in [0.2, 0.25) is 11.8 Å². The van der Waals surface area contributed by atoms with Crippen molar-refractivity contribution in [2.75, 3.05) is 23.7 Å². The lowest BCUT2D eigenvalue weighted by atomic mass is 10.2. The van der Waals surface area contributed by atoms with Crippen LogP contribution in [0.1, 0.15) is 39.5 Å². The molecule has 19 heavy (non-hydrogen) atoms. The van der Waals surface area contributed by atoms with E-state index >= 15 is 0 Å². The SMILES string of the molecule is CCCCCNc1nc(NCCC)ncc1[N+](=O)[O-]. The lowest BCUT2D eigenvalue weighted by Gasteiger charge is -2.08. The van der Waals surface area contributed by atoms with Crippen molar-refractivity contribution in [2.24, 2.45) is 0 Å². The minimum absolute atomic E-state index is 0.0847. The van der Waals surface area contributed by atoms with Gasteiger partial charge in [-0.05, 0) is 12.8 Å². The number of hydrogen-bond donors (Lipinski definition) is 2. The van der Waals surface area contributed by atoms with Gasteiger partial charge in [-0.3, -0.25) is 10.1 Å². The van der Waals surface area contributed by atoms with Gasteiger partial charge in [-0.1, -0.05) is 26.7 Å². The van der Waals surface area contributed by atoms with Crippen molar-refractivity contribution in [2.45, 2.75) is 39.5 Å². The number of nitrogens with one attached hydrogen (secondary N) is 2. The Balaban J connectivity index is 2.74. The van der Waals surface area contributed by atoms with Crippen molar-refractivity contribution in [3.05, 3.63) is 16.3 Å². The summed E-state index contributed by atoms with van der Waals surface area (Å²) in [7, 11) is 0. The third kappa shape index (κ3) is 5.07. The first-order valence-electron chi connectivity index (χ1n) is 6.68. The average Bonchev–Trinajstić information content (AvgIpc) is 2.41. The lowest BCUT2D eigenvalue weighted by molar-refractivity contribution is -0.384. The fourth-order valence-electron chi connectivity index (χ4n) is 1.54. The normalized spacial score (nSPS) is 10.2. The molecule has 1 aromatic heterocycles. The van der Waals surface area contributed by atoms with Crippen molar-refractivity contribution in [3.63, 3.8) is 0 Å². The monoisotopic (exact) mass is 267 g/mol. The molecule has 106 valence electrons. The van der Waals surface area contributed by atoms with Gasteiger partial charge in [0.05, 0.1) is 4.92 Å². The molecule has 0 spiro atoms. The first-order valence-corrected chi connectivity index (χ1v) is 6.68. The second-order valence-corrected chi connectivity index (χ2v) is 4.25. The summed E-state index contributed by atoms with van der Waals surface area (Å²) in [6, 6.07) is 0. The van der Waals surface area contributed by atoms with Crippen molar-refractivity contribution in [1.29, 1.82) is 0 Å². The predicted octanol–water partition coefficient (Wildman–Crippen LogP) is 2.81. The molecule has 2 N–H and O–H groups in total. The highest BCUT2D eigenvalue weighted by atomic mass is 16.6. The van der Waals surface area contributed by atoms with Crippen LogP contribution in [0.5, 0.6) is 0 Å². The summed E-state index contributed by atoms with van der Waals surface area (Å²) in [6.07, 6.45) is 5.35. The Labute approximate surface area is 113 Å². The third-order valence-electron chi connectivity index (χ3n) is 2.57. The van der Waals surface area contributed by atoms with Gasteiger partial charge < -0.3 is 10.6 Å². The second kappa shape index (κ2) is 8.23. The largest absolute Gasteiger partial charge is 0.364 e. The number of hydrogen-bond acceptors (Lipinski definition) is 6. The standard InChI is InChI=1S/C12H21N5O2/c1-3-5-6-8-13-11-10(17(18)19)9-15-12(16-11)14-7-4-2/h9H,3-8H2,1-2H3,(H2,13,14,15,16). The maximum atomic E-state index is 10.9. The minimum atomic E-state index is -0.467. The first-order chi connectivity index (χ1) is 9.19. The lowest BCUT2D eigenvalue weighted by Crippen LogP contribution is -2.10. The molecular formula is C12H21N5O2. The van der Waals surface area contributed by atoms with E-state index in [1.807, 2.05) is 6.92 Å². The summed E-state index contributed by atoms with van der Waals surface area (Å²) >= 11 is 0. The average molecular weight is 267 g/mol. The maximum Gasteiger partial charge on any atom is 0.329 e. The summed E-state index contributed by atoms with van der Waals surface area (Å²) in [6.45, 7) is 5.56. The fourth-order valence-corrected chi connectivity index (χ4v) is 1.54. The summed E-state index contributed by atoms with van der Waals surface area (Å²) in [5.41, 5.74) is -0.0847. The summed E-state index contributed by atoms with van der Waals surface area (Å²) in [5, 5.41) is 16.9. The van der Waals surface area contributed by atoms with Gasteiger partial charge in [-0.2, -0.15) is 4.98 Å². The van der Waals surface area contributed by atoms with Gasteiger partial charge in [-0.15, -0.1) is 0 Å². The van der Waals surface area contributed by atoms with E-state index in [1.165, 1.54) is 6.20 Å². The Kier molecular flexibility index (Phi) is 6.56. The molecule has 0 aliphatic heterocycles. The Bertz CT molecular complexity index is 411.